The first-order valence-corrected chi connectivity index (χ1v) is 6.67. The molecule has 0 spiro atoms. The van der Waals surface area contributed by atoms with Crippen LogP contribution in [0.1, 0.15) is 12.0 Å². The number of carbonyl (C=O) groups excluding carboxylic acids is 1. The molecule has 1 unspecified atom stereocenters. The summed E-state index contributed by atoms with van der Waals surface area (Å²) < 4.78 is 13.3. The summed E-state index contributed by atoms with van der Waals surface area (Å²) in [6.07, 6.45) is 0.411. The second-order valence-electron chi connectivity index (χ2n) is 5.21. The zero-order valence-corrected chi connectivity index (χ0v) is 10.9. The Bertz CT molecular complexity index is 505. The molecule has 19 heavy (non-hydrogen) atoms. The van der Waals surface area contributed by atoms with Crippen molar-refractivity contribution in [3.63, 3.8) is 0 Å². The first-order valence-electron chi connectivity index (χ1n) is 6.67. The Hall–Kier alpha value is -1.62. The first-order chi connectivity index (χ1) is 9.17. The van der Waals surface area contributed by atoms with Crippen LogP contribution in [0.3, 0.4) is 0 Å². The fraction of sp³-hybridized carbons (Fsp3) is 0.500. The molecule has 1 aromatic carbocycles. The van der Waals surface area contributed by atoms with Gasteiger partial charge in [0.15, 0.2) is 0 Å². The highest BCUT2D eigenvalue weighted by molar-refractivity contribution is 5.98. The molecule has 0 bridgehead atoms. The number of alkyl halides is 1. The van der Waals surface area contributed by atoms with E-state index >= 15 is 0 Å². The van der Waals surface area contributed by atoms with E-state index in [1.807, 2.05) is 30.1 Å². The zero-order chi connectivity index (χ0) is 13.4. The van der Waals surface area contributed by atoms with Gasteiger partial charge in [-0.1, -0.05) is 6.07 Å². The molecule has 3 rings (SSSR count). The molecule has 0 aliphatic carbocycles. The summed E-state index contributed by atoms with van der Waals surface area (Å²) in [4.78, 5) is 14.1. The Labute approximate surface area is 112 Å². The molecule has 0 saturated carbocycles. The van der Waals surface area contributed by atoms with Crippen molar-refractivity contribution in [2.75, 3.05) is 30.8 Å². The van der Waals surface area contributed by atoms with Crippen molar-refractivity contribution in [1.82, 2.24) is 4.90 Å². The maximum Gasteiger partial charge on any atom is 0.242 e. The number of hydrogen-bond acceptors (Lipinski definition) is 3. The zero-order valence-electron chi connectivity index (χ0n) is 10.9. The lowest BCUT2D eigenvalue weighted by atomic mass is 9.97. The number of amides is 1. The number of nitrogens with one attached hydrogen (secondary N) is 2. The van der Waals surface area contributed by atoms with Crippen LogP contribution in [0.2, 0.25) is 0 Å². The van der Waals surface area contributed by atoms with E-state index in [4.69, 9.17) is 0 Å². The Balaban J connectivity index is 1.82. The van der Waals surface area contributed by atoms with Gasteiger partial charge in [0.2, 0.25) is 5.91 Å². The smallest absolute Gasteiger partial charge is 0.242 e. The molecule has 1 aromatic rings. The molecule has 0 radical (unpaired) electrons. The van der Waals surface area contributed by atoms with E-state index in [1.54, 1.807) is 0 Å². The summed E-state index contributed by atoms with van der Waals surface area (Å²) in [7, 11) is 1.85. The summed E-state index contributed by atoms with van der Waals surface area (Å²) >= 11 is 0. The highest BCUT2D eigenvalue weighted by Gasteiger charge is 2.35. The molecule has 102 valence electrons. The largest absolute Gasteiger partial charge is 0.388 e. The van der Waals surface area contributed by atoms with Crippen molar-refractivity contribution < 1.29 is 9.18 Å². The number of anilines is 2. The molecular formula is C14H18FN3O. The van der Waals surface area contributed by atoms with E-state index in [2.05, 4.69) is 10.6 Å². The third-order valence-electron chi connectivity index (χ3n) is 3.98. The van der Waals surface area contributed by atoms with Crippen LogP contribution in [-0.4, -0.2) is 43.2 Å². The minimum absolute atomic E-state index is 0.0187. The summed E-state index contributed by atoms with van der Waals surface area (Å²) in [6.45, 7) is 1.05. The summed E-state index contributed by atoms with van der Waals surface area (Å²) in [6, 6.07) is 5.73. The van der Waals surface area contributed by atoms with Crippen molar-refractivity contribution in [3.05, 3.63) is 23.8 Å². The molecule has 0 aromatic heterocycles. The van der Waals surface area contributed by atoms with Gasteiger partial charge in [0.1, 0.15) is 6.17 Å². The van der Waals surface area contributed by atoms with Crippen LogP contribution >= 0.6 is 0 Å². The van der Waals surface area contributed by atoms with Crippen LogP contribution in [0.4, 0.5) is 15.8 Å². The van der Waals surface area contributed by atoms with Crippen LogP contribution in [0.15, 0.2) is 18.2 Å². The van der Waals surface area contributed by atoms with Crippen molar-refractivity contribution >= 4 is 17.3 Å². The number of hydrogen-bond donors (Lipinski definition) is 2. The number of benzene rings is 1. The quantitative estimate of drug-likeness (QED) is 0.852. The summed E-state index contributed by atoms with van der Waals surface area (Å²) in [5.41, 5.74) is 2.96. The van der Waals surface area contributed by atoms with Gasteiger partial charge in [-0.15, -0.1) is 0 Å². The van der Waals surface area contributed by atoms with Crippen LogP contribution in [0.5, 0.6) is 0 Å². The van der Waals surface area contributed by atoms with Gasteiger partial charge in [-0.25, -0.2) is 4.39 Å². The van der Waals surface area contributed by atoms with Crippen LogP contribution in [-0.2, 0) is 11.2 Å². The van der Waals surface area contributed by atoms with E-state index in [0.29, 0.717) is 25.9 Å². The maximum absolute atomic E-state index is 13.3. The van der Waals surface area contributed by atoms with E-state index in [1.165, 1.54) is 0 Å². The molecule has 1 saturated heterocycles. The topological polar surface area (TPSA) is 44.4 Å². The second kappa shape index (κ2) is 4.81. The van der Waals surface area contributed by atoms with Gasteiger partial charge in [0, 0.05) is 31.5 Å². The lowest BCUT2D eigenvalue weighted by Gasteiger charge is -2.31. The van der Waals surface area contributed by atoms with Gasteiger partial charge in [0.25, 0.3) is 0 Å². The number of fused-ring (bicyclic) bond motifs is 1. The Morgan fingerprint density at radius 1 is 1.47 bits per heavy atom. The van der Waals surface area contributed by atoms with Crippen molar-refractivity contribution in [3.8, 4) is 0 Å². The molecule has 4 nitrogen and oxygen atoms in total. The van der Waals surface area contributed by atoms with Gasteiger partial charge in [-0.05, 0) is 30.5 Å². The third kappa shape index (κ3) is 2.30. The second-order valence-corrected chi connectivity index (χ2v) is 5.21. The standard InChI is InChI=1S/C14H18FN3O/c1-16-11-3-2-9-6-13(14(19)17-12(9)7-11)18-5-4-10(15)8-18/h2-3,7,10,13,16H,4-6,8H2,1H3,(H,17,19)/t10-,13?/m1/s1. The molecule has 2 N–H and O–H groups in total. The monoisotopic (exact) mass is 263 g/mol. The molecule has 2 atom stereocenters. The Kier molecular flexibility index (Phi) is 3.14. The van der Waals surface area contributed by atoms with Crippen molar-refractivity contribution in [2.45, 2.75) is 25.1 Å². The number of nitrogens with zero attached hydrogens (tertiary/aromatic N) is 1. The van der Waals surface area contributed by atoms with Crippen LogP contribution < -0.4 is 10.6 Å². The molecular weight excluding hydrogens is 245 g/mol. The average Bonchev–Trinajstić information content (AvgIpc) is 2.83. The van der Waals surface area contributed by atoms with Gasteiger partial charge >= 0.3 is 0 Å². The Morgan fingerprint density at radius 3 is 3.00 bits per heavy atom. The molecule has 2 aliphatic rings. The number of likely N-dealkylation sites (tertiary alicyclic amines) is 1. The predicted octanol–water partition coefficient (Wildman–Crippen LogP) is 1.64. The molecule has 5 heteroatoms. The first kappa shape index (κ1) is 12.4. The van der Waals surface area contributed by atoms with Gasteiger partial charge in [0.05, 0.1) is 6.04 Å². The lowest BCUT2D eigenvalue weighted by Crippen LogP contribution is -2.47. The van der Waals surface area contributed by atoms with Crippen molar-refractivity contribution in [2.24, 2.45) is 0 Å². The minimum atomic E-state index is -0.791. The fourth-order valence-electron chi connectivity index (χ4n) is 2.86. The normalized spacial score (nSPS) is 26.9. The fourth-order valence-corrected chi connectivity index (χ4v) is 2.86. The average molecular weight is 263 g/mol. The van der Waals surface area contributed by atoms with Crippen LogP contribution in [0, 0.1) is 0 Å². The van der Waals surface area contributed by atoms with E-state index < -0.39 is 6.17 Å². The van der Waals surface area contributed by atoms with Crippen molar-refractivity contribution in [1.29, 1.82) is 0 Å². The molecule has 2 aliphatic heterocycles. The highest BCUT2D eigenvalue weighted by Crippen LogP contribution is 2.29. The van der Waals surface area contributed by atoms with Gasteiger partial charge in [-0.3, -0.25) is 9.69 Å². The van der Waals surface area contributed by atoms with E-state index in [0.717, 1.165) is 16.9 Å². The number of halogens is 1. The van der Waals surface area contributed by atoms with Gasteiger partial charge < -0.3 is 10.6 Å². The SMILES string of the molecule is CNc1ccc2c(c1)NC(=O)C(N1CC[C@@H](F)C1)C2. The molecule has 1 fully saturated rings. The molecule has 2 heterocycles. The van der Waals surface area contributed by atoms with Gasteiger partial charge in [-0.2, -0.15) is 0 Å². The third-order valence-corrected chi connectivity index (χ3v) is 3.98. The lowest BCUT2D eigenvalue weighted by molar-refractivity contribution is -0.121. The predicted molar refractivity (Wildman–Crippen MR) is 73.2 cm³/mol. The Morgan fingerprint density at radius 2 is 2.32 bits per heavy atom. The van der Waals surface area contributed by atoms with Crippen LogP contribution in [0.25, 0.3) is 0 Å². The summed E-state index contributed by atoms with van der Waals surface area (Å²) in [5, 5.41) is 5.99. The number of rotatable bonds is 2. The minimum Gasteiger partial charge on any atom is -0.388 e. The molecule has 1 amide bonds. The van der Waals surface area contributed by atoms with E-state index in [9.17, 15) is 9.18 Å². The summed E-state index contributed by atoms with van der Waals surface area (Å²) in [5.74, 6) is -0.0187. The number of carbonyl (C=O) groups is 1. The van der Waals surface area contributed by atoms with E-state index in [-0.39, 0.29) is 11.9 Å². The highest BCUT2D eigenvalue weighted by atomic mass is 19.1. The maximum atomic E-state index is 13.3.